The first-order valence-corrected chi connectivity index (χ1v) is 6.55. The molecule has 5 nitrogen and oxygen atoms in total. The minimum atomic E-state index is 0.0124. The van der Waals surface area contributed by atoms with Crippen LogP contribution in [0, 0.1) is 0 Å². The van der Waals surface area contributed by atoms with Gasteiger partial charge in [-0.3, -0.25) is 4.79 Å². The minimum Gasteiger partial charge on any atom is -0.497 e. The van der Waals surface area contributed by atoms with E-state index in [2.05, 4.69) is 10.6 Å². The smallest absolute Gasteiger partial charge is 0.233 e. The first-order valence-electron chi connectivity index (χ1n) is 6.55. The van der Waals surface area contributed by atoms with Crippen LogP contribution >= 0.6 is 0 Å². The summed E-state index contributed by atoms with van der Waals surface area (Å²) in [6.45, 7) is 3.53. The van der Waals surface area contributed by atoms with E-state index in [1.165, 1.54) is 0 Å². The number of benzene rings is 1. The second kappa shape index (κ2) is 6.43. The fraction of sp³-hybridized carbons (Fsp3) is 0.500. The summed E-state index contributed by atoms with van der Waals surface area (Å²) in [5.74, 6) is 1.67. The standard InChI is InChI=1S/C14H20N2O3/c1-3-15-14(17)9-16-12-6-7-19-13-5-4-10(18-2)8-11(12)13/h4-5,8,12,16H,3,6-7,9H2,1-2H3,(H,15,17). The second-order valence-corrected chi connectivity index (χ2v) is 4.43. The highest BCUT2D eigenvalue weighted by molar-refractivity contribution is 5.78. The number of likely N-dealkylation sites (N-methyl/N-ethyl adjacent to an activating group) is 1. The molecule has 1 atom stereocenters. The third-order valence-electron chi connectivity index (χ3n) is 3.14. The van der Waals surface area contributed by atoms with Gasteiger partial charge >= 0.3 is 0 Å². The molecule has 1 unspecified atom stereocenters. The number of hydrogen-bond donors (Lipinski definition) is 2. The van der Waals surface area contributed by atoms with E-state index in [4.69, 9.17) is 9.47 Å². The molecule has 0 bridgehead atoms. The van der Waals surface area contributed by atoms with Crippen molar-refractivity contribution in [2.45, 2.75) is 19.4 Å². The lowest BCUT2D eigenvalue weighted by Gasteiger charge is -2.27. The molecule has 1 amide bonds. The maximum Gasteiger partial charge on any atom is 0.233 e. The van der Waals surface area contributed by atoms with Crippen LogP contribution in [-0.4, -0.2) is 32.7 Å². The third-order valence-corrected chi connectivity index (χ3v) is 3.14. The maximum absolute atomic E-state index is 11.5. The van der Waals surface area contributed by atoms with Crippen LogP contribution in [0.15, 0.2) is 18.2 Å². The van der Waals surface area contributed by atoms with E-state index in [-0.39, 0.29) is 11.9 Å². The lowest BCUT2D eigenvalue weighted by atomic mass is 10.00. The first-order chi connectivity index (χ1) is 9.24. The number of ether oxygens (including phenoxy) is 2. The Bertz CT molecular complexity index is 448. The van der Waals surface area contributed by atoms with Crippen molar-refractivity contribution in [1.29, 1.82) is 0 Å². The highest BCUT2D eigenvalue weighted by Gasteiger charge is 2.22. The van der Waals surface area contributed by atoms with Crippen molar-refractivity contribution in [2.75, 3.05) is 26.8 Å². The minimum absolute atomic E-state index is 0.0124. The predicted molar refractivity (Wildman–Crippen MR) is 72.5 cm³/mol. The average molecular weight is 264 g/mol. The number of hydrogen-bond acceptors (Lipinski definition) is 4. The van der Waals surface area contributed by atoms with Crippen molar-refractivity contribution in [1.82, 2.24) is 10.6 Å². The van der Waals surface area contributed by atoms with Crippen LogP contribution in [0.5, 0.6) is 11.5 Å². The Balaban J connectivity index is 2.06. The maximum atomic E-state index is 11.5. The Kier molecular flexibility index (Phi) is 4.63. The number of amides is 1. The molecule has 1 aliphatic heterocycles. The van der Waals surface area contributed by atoms with Gasteiger partial charge in [-0.1, -0.05) is 0 Å². The van der Waals surface area contributed by atoms with Crippen LogP contribution < -0.4 is 20.1 Å². The van der Waals surface area contributed by atoms with Crippen LogP contribution in [0.1, 0.15) is 24.9 Å². The van der Waals surface area contributed by atoms with Gasteiger partial charge in [-0.05, 0) is 25.1 Å². The summed E-state index contributed by atoms with van der Waals surface area (Å²) in [5.41, 5.74) is 1.05. The zero-order valence-corrected chi connectivity index (χ0v) is 11.4. The van der Waals surface area contributed by atoms with Gasteiger partial charge in [-0.15, -0.1) is 0 Å². The summed E-state index contributed by atoms with van der Waals surface area (Å²) < 4.78 is 10.8. The summed E-state index contributed by atoms with van der Waals surface area (Å²) in [6.07, 6.45) is 0.847. The molecule has 5 heteroatoms. The van der Waals surface area contributed by atoms with Crippen molar-refractivity contribution in [2.24, 2.45) is 0 Å². The SMILES string of the molecule is CCNC(=O)CNC1CCOc2ccc(OC)cc21. The largest absolute Gasteiger partial charge is 0.497 e. The van der Waals surface area contributed by atoms with Crippen molar-refractivity contribution in [3.63, 3.8) is 0 Å². The molecule has 1 aromatic carbocycles. The van der Waals surface area contributed by atoms with E-state index in [0.717, 1.165) is 23.5 Å². The predicted octanol–water partition coefficient (Wildman–Crippen LogP) is 1.24. The summed E-state index contributed by atoms with van der Waals surface area (Å²) in [7, 11) is 1.64. The van der Waals surface area contributed by atoms with E-state index in [1.807, 2.05) is 25.1 Å². The first kappa shape index (κ1) is 13.7. The zero-order chi connectivity index (χ0) is 13.7. The van der Waals surface area contributed by atoms with Gasteiger partial charge in [0.05, 0.1) is 20.3 Å². The highest BCUT2D eigenvalue weighted by Crippen LogP contribution is 2.34. The summed E-state index contributed by atoms with van der Waals surface area (Å²) in [4.78, 5) is 11.5. The molecule has 19 heavy (non-hydrogen) atoms. The van der Waals surface area contributed by atoms with Gasteiger partial charge in [0.2, 0.25) is 5.91 Å². The molecule has 104 valence electrons. The van der Waals surface area contributed by atoms with E-state index >= 15 is 0 Å². The zero-order valence-electron chi connectivity index (χ0n) is 11.4. The van der Waals surface area contributed by atoms with Crippen molar-refractivity contribution in [3.05, 3.63) is 23.8 Å². The topological polar surface area (TPSA) is 59.6 Å². The van der Waals surface area contributed by atoms with E-state index < -0.39 is 0 Å². The van der Waals surface area contributed by atoms with Crippen LogP contribution in [0.3, 0.4) is 0 Å². The summed E-state index contributed by atoms with van der Waals surface area (Å²) >= 11 is 0. The summed E-state index contributed by atoms with van der Waals surface area (Å²) in [6, 6.07) is 5.88. The number of carbonyl (C=O) groups excluding carboxylic acids is 1. The van der Waals surface area contributed by atoms with Crippen LogP contribution in [0.2, 0.25) is 0 Å². The van der Waals surface area contributed by atoms with Gasteiger partial charge in [0.25, 0.3) is 0 Å². The molecule has 2 N–H and O–H groups in total. The van der Waals surface area contributed by atoms with Crippen molar-refractivity contribution in [3.8, 4) is 11.5 Å². The Morgan fingerprint density at radius 2 is 2.37 bits per heavy atom. The third kappa shape index (κ3) is 3.38. The Morgan fingerprint density at radius 3 is 3.11 bits per heavy atom. The fourth-order valence-corrected chi connectivity index (χ4v) is 2.19. The Hall–Kier alpha value is -1.75. The van der Waals surface area contributed by atoms with Gasteiger partial charge in [-0.2, -0.15) is 0 Å². The Labute approximate surface area is 113 Å². The lowest BCUT2D eigenvalue weighted by molar-refractivity contribution is -0.120. The molecule has 1 aromatic rings. The molecule has 0 saturated carbocycles. The molecule has 1 aliphatic rings. The van der Waals surface area contributed by atoms with Gasteiger partial charge in [-0.25, -0.2) is 0 Å². The number of methoxy groups -OCH3 is 1. The Morgan fingerprint density at radius 1 is 1.53 bits per heavy atom. The number of fused-ring (bicyclic) bond motifs is 1. The molecule has 0 fully saturated rings. The monoisotopic (exact) mass is 264 g/mol. The normalized spacial score (nSPS) is 17.3. The number of nitrogens with one attached hydrogen (secondary N) is 2. The number of rotatable bonds is 5. The fourth-order valence-electron chi connectivity index (χ4n) is 2.19. The molecule has 0 spiro atoms. The van der Waals surface area contributed by atoms with E-state index in [1.54, 1.807) is 7.11 Å². The van der Waals surface area contributed by atoms with Crippen molar-refractivity contribution >= 4 is 5.91 Å². The van der Waals surface area contributed by atoms with E-state index in [0.29, 0.717) is 19.7 Å². The molecular weight excluding hydrogens is 244 g/mol. The average Bonchev–Trinajstić information content (AvgIpc) is 2.44. The molecule has 2 rings (SSSR count). The number of carbonyl (C=O) groups is 1. The molecule has 0 saturated heterocycles. The van der Waals surface area contributed by atoms with E-state index in [9.17, 15) is 4.79 Å². The van der Waals surface area contributed by atoms with Crippen molar-refractivity contribution < 1.29 is 14.3 Å². The summed E-state index contributed by atoms with van der Waals surface area (Å²) in [5, 5.41) is 6.04. The van der Waals surface area contributed by atoms with Gasteiger partial charge in [0.15, 0.2) is 0 Å². The van der Waals surface area contributed by atoms with Gasteiger partial charge < -0.3 is 20.1 Å². The molecular formula is C14H20N2O3. The quantitative estimate of drug-likeness (QED) is 0.840. The second-order valence-electron chi connectivity index (χ2n) is 4.43. The molecule has 1 heterocycles. The van der Waals surface area contributed by atoms with Crippen LogP contribution in [0.4, 0.5) is 0 Å². The molecule has 0 radical (unpaired) electrons. The molecule has 0 aromatic heterocycles. The van der Waals surface area contributed by atoms with Gasteiger partial charge in [0, 0.05) is 24.6 Å². The van der Waals surface area contributed by atoms with Crippen LogP contribution in [0.25, 0.3) is 0 Å². The van der Waals surface area contributed by atoms with Gasteiger partial charge in [0.1, 0.15) is 11.5 Å². The lowest BCUT2D eigenvalue weighted by Crippen LogP contribution is -2.37. The highest BCUT2D eigenvalue weighted by atomic mass is 16.5. The molecule has 0 aliphatic carbocycles. The van der Waals surface area contributed by atoms with Crippen LogP contribution in [-0.2, 0) is 4.79 Å².